The van der Waals surface area contributed by atoms with Gasteiger partial charge in [-0.25, -0.2) is 9.97 Å². The molecule has 0 aliphatic heterocycles. The van der Waals surface area contributed by atoms with E-state index >= 15 is 0 Å². The minimum atomic E-state index is 0.505. The van der Waals surface area contributed by atoms with E-state index in [2.05, 4.69) is 16.9 Å². The Morgan fingerprint density at radius 1 is 1.43 bits per heavy atom. The molecule has 0 saturated carbocycles. The van der Waals surface area contributed by atoms with Gasteiger partial charge in [-0.3, -0.25) is 4.40 Å². The highest BCUT2D eigenvalue weighted by molar-refractivity contribution is 6.32. The summed E-state index contributed by atoms with van der Waals surface area (Å²) < 4.78 is 1.99. The SMILES string of the molecule is CC1=C(c2ncc3c(Cl)nccn23)C1. The molecule has 0 unspecified atom stereocenters. The Morgan fingerprint density at radius 3 is 2.93 bits per heavy atom. The average molecular weight is 206 g/mol. The second-order valence-corrected chi connectivity index (χ2v) is 3.85. The molecule has 3 nitrogen and oxygen atoms in total. The molecule has 0 aromatic carbocycles. The quantitative estimate of drug-likeness (QED) is 0.716. The van der Waals surface area contributed by atoms with Gasteiger partial charge < -0.3 is 0 Å². The molecular formula is C10H8ClN3. The van der Waals surface area contributed by atoms with Crippen molar-refractivity contribution in [3.63, 3.8) is 0 Å². The molecule has 1 aliphatic carbocycles. The lowest BCUT2D eigenvalue weighted by molar-refractivity contribution is 1.08. The van der Waals surface area contributed by atoms with Crippen LogP contribution in [0, 0.1) is 0 Å². The zero-order valence-corrected chi connectivity index (χ0v) is 8.41. The fourth-order valence-electron chi connectivity index (χ4n) is 1.61. The van der Waals surface area contributed by atoms with Crippen LogP contribution >= 0.6 is 11.6 Å². The van der Waals surface area contributed by atoms with Crippen LogP contribution in [0.15, 0.2) is 24.2 Å². The molecule has 0 saturated heterocycles. The molecule has 2 aromatic rings. The van der Waals surface area contributed by atoms with Crippen LogP contribution in [0.25, 0.3) is 11.1 Å². The van der Waals surface area contributed by atoms with Crippen LogP contribution in [-0.4, -0.2) is 14.4 Å². The molecule has 2 heterocycles. The van der Waals surface area contributed by atoms with E-state index in [4.69, 9.17) is 11.6 Å². The first-order valence-electron chi connectivity index (χ1n) is 4.44. The molecule has 14 heavy (non-hydrogen) atoms. The van der Waals surface area contributed by atoms with E-state index < -0.39 is 0 Å². The summed E-state index contributed by atoms with van der Waals surface area (Å²) in [5, 5.41) is 0.505. The zero-order chi connectivity index (χ0) is 9.71. The molecule has 70 valence electrons. The van der Waals surface area contributed by atoms with Crippen LogP contribution in [0.5, 0.6) is 0 Å². The van der Waals surface area contributed by atoms with E-state index in [-0.39, 0.29) is 0 Å². The van der Waals surface area contributed by atoms with Crippen molar-refractivity contribution >= 4 is 22.7 Å². The summed E-state index contributed by atoms with van der Waals surface area (Å²) in [5.74, 6) is 1.00. The second kappa shape index (κ2) is 2.58. The highest BCUT2D eigenvalue weighted by Crippen LogP contribution is 2.38. The van der Waals surface area contributed by atoms with Gasteiger partial charge >= 0.3 is 0 Å². The van der Waals surface area contributed by atoms with E-state index in [1.165, 1.54) is 11.1 Å². The molecule has 4 heteroatoms. The summed E-state index contributed by atoms with van der Waals surface area (Å²) in [5.41, 5.74) is 3.61. The first-order chi connectivity index (χ1) is 6.77. The molecule has 3 rings (SSSR count). The van der Waals surface area contributed by atoms with Crippen molar-refractivity contribution < 1.29 is 0 Å². The number of halogens is 1. The van der Waals surface area contributed by atoms with Crippen LogP contribution in [-0.2, 0) is 0 Å². The van der Waals surface area contributed by atoms with Crippen LogP contribution in [0.1, 0.15) is 19.2 Å². The van der Waals surface area contributed by atoms with Gasteiger partial charge in [0.1, 0.15) is 11.3 Å². The molecular weight excluding hydrogens is 198 g/mol. The number of imidazole rings is 1. The number of hydrogen-bond acceptors (Lipinski definition) is 2. The van der Waals surface area contributed by atoms with Gasteiger partial charge in [0, 0.05) is 12.4 Å². The summed E-state index contributed by atoms with van der Waals surface area (Å²) in [6.45, 7) is 2.12. The van der Waals surface area contributed by atoms with Crippen molar-refractivity contribution in [3.05, 3.63) is 35.1 Å². The monoisotopic (exact) mass is 205 g/mol. The van der Waals surface area contributed by atoms with Gasteiger partial charge in [-0.2, -0.15) is 0 Å². The third-order valence-electron chi connectivity index (χ3n) is 2.51. The van der Waals surface area contributed by atoms with Gasteiger partial charge in [0.05, 0.1) is 6.20 Å². The molecule has 0 fully saturated rings. The van der Waals surface area contributed by atoms with Crippen molar-refractivity contribution in [3.8, 4) is 0 Å². The van der Waals surface area contributed by atoms with Gasteiger partial charge in [-0.05, 0) is 18.9 Å². The van der Waals surface area contributed by atoms with Crippen LogP contribution in [0.2, 0.25) is 5.15 Å². The number of nitrogens with zero attached hydrogens (tertiary/aromatic N) is 3. The average Bonchev–Trinajstić information content (AvgIpc) is 2.75. The van der Waals surface area contributed by atoms with Crippen molar-refractivity contribution in [1.29, 1.82) is 0 Å². The van der Waals surface area contributed by atoms with Crippen molar-refractivity contribution in [2.24, 2.45) is 0 Å². The first-order valence-corrected chi connectivity index (χ1v) is 4.82. The van der Waals surface area contributed by atoms with Crippen molar-refractivity contribution in [2.45, 2.75) is 13.3 Å². The Hall–Kier alpha value is -1.35. The van der Waals surface area contributed by atoms with Crippen LogP contribution < -0.4 is 0 Å². The maximum Gasteiger partial charge on any atom is 0.154 e. The summed E-state index contributed by atoms with van der Waals surface area (Å²) in [6, 6.07) is 0. The largest absolute Gasteiger partial charge is 0.296 e. The first kappa shape index (κ1) is 8.00. The highest BCUT2D eigenvalue weighted by atomic mass is 35.5. The topological polar surface area (TPSA) is 30.2 Å². The molecule has 0 N–H and O–H groups in total. The minimum absolute atomic E-state index is 0.505. The smallest absolute Gasteiger partial charge is 0.154 e. The maximum atomic E-state index is 5.94. The summed E-state index contributed by atoms with van der Waals surface area (Å²) in [6.07, 6.45) is 6.42. The fraction of sp³-hybridized carbons (Fsp3) is 0.200. The van der Waals surface area contributed by atoms with Gasteiger partial charge in [-0.15, -0.1) is 0 Å². The normalized spacial score (nSPS) is 15.3. The molecule has 2 aromatic heterocycles. The minimum Gasteiger partial charge on any atom is -0.296 e. The Labute approximate surface area is 86.1 Å². The van der Waals surface area contributed by atoms with Crippen molar-refractivity contribution in [1.82, 2.24) is 14.4 Å². The molecule has 0 atom stereocenters. The summed E-state index contributed by atoms with van der Waals surface area (Å²) >= 11 is 5.94. The van der Waals surface area contributed by atoms with E-state index in [0.717, 1.165) is 17.8 Å². The van der Waals surface area contributed by atoms with Crippen LogP contribution in [0.3, 0.4) is 0 Å². The number of hydrogen-bond donors (Lipinski definition) is 0. The van der Waals surface area contributed by atoms with Gasteiger partial charge in [-0.1, -0.05) is 17.2 Å². The third kappa shape index (κ3) is 0.990. The lowest BCUT2D eigenvalue weighted by Crippen LogP contribution is -1.90. The standard InChI is InChI=1S/C10H8ClN3/c1-6-4-7(6)10-13-5-8-9(11)12-2-3-14(8)10/h2-3,5H,4H2,1H3. The third-order valence-corrected chi connectivity index (χ3v) is 2.81. The van der Waals surface area contributed by atoms with E-state index in [1.807, 2.05) is 10.6 Å². The van der Waals surface area contributed by atoms with E-state index in [1.54, 1.807) is 12.4 Å². The van der Waals surface area contributed by atoms with Crippen molar-refractivity contribution in [2.75, 3.05) is 0 Å². The molecule has 0 radical (unpaired) electrons. The molecule has 0 spiro atoms. The fourth-order valence-corrected chi connectivity index (χ4v) is 1.81. The Morgan fingerprint density at radius 2 is 2.21 bits per heavy atom. The predicted molar refractivity (Wildman–Crippen MR) is 55.2 cm³/mol. The zero-order valence-electron chi connectivity index (χ0n) is 7.66. The summed E-state index contributed by atoms with van der Waals surface area (Å²) in [7, 11) is 0. The van der Waals surface area contributed by atoms with E-state index in [9.17, 15) is 0 Å². The number of aromatic nitrogens is 3. The molecule has 0 amide bonds. The lowest BCUT2D eigenvalue weighted by Gasteiger charge is -1.96. The Bertz CT molecular complexity index is 553. The molecule has 0 bridgehead atoms. The van der Waals surface area contributed by atoms with E-state index in [0.29, 0.717) is 5.15 Å². The van der Waals surface area contributed by atoms with Crippen LogP contribution in [0.4, 0.5) is 0 Å². The maximum absolute atomic E-state index is 5.94. The number of rotatable bonds is 1. The number of fused-ring (bicyclic) bond motifs is 1. The van der Waals surface area contributed by atoms with Gasteiger partial charge in [0.25, 0.3) is 0 Å². The predicted octanol–water partition coefficient (Wildman–Crippen LogP) is 2.56. The number of allylic oxidation sites excluding steroid dienone is 2. The lowest BCUT2D eigenvalue weighted by atomic mass is 10.4. The Kier molecular flexibility index (Phi) is 1.47. The summed E-state index contributed by atoms with van der Waals surface area (Å²) in [4.78, 5) is 8.36. The van der Waals surface area contributed by atoms with Gasteiger partial charge in [0.2, 0.25) is 0 Å². The molecule has 1 aliphatic rings. The second-order valence-electron chi connectivity index (χ2n) is 3.49. The Balaban J connectivity index is 2.32. The van der Waals surface area contributed by atoms with Gasteiger partial charge in [0.15, 0.2) is 5.15 Å². The highest BCUT2D eigenvalue weighted by Gasteiger charge is 2.22.